The number of hydrogen-bond acceptors (Lipinski definition) is 5. The van der Waals surface area contributed by atoms with Crippen molar-refractivity contribution in [3.05, 3.63) is 42.0 Å². The normalized spacial score (nSPS) is 10.0. The number of amides is 1. The highest BCUT2D eigenvalue weighted by Crippen LogP contribution is 2.27. The van der Waals surface area contributed by atoms with E-state index in [1.54, 1.807) is 32.5 Å². The maximum Gasteiger partial charge on any atom is 0.228 e. The van der Waals surface area contributed by atoms with E-state index in [9.17, 15) is 4.79 Å². The van der Waals surface area contributed by atoms with Crippen LogP contribution in [0.5, 0.6) is 11.5 Å². The summed E-state index contributed by atoms with van der Waals surface area (Å²) in [7, 11) is 3.13. The van der Waals surface area contributed by atoms with Crippen molar-refractivity contribution in [3.63, 3.8) is 0 Å². The Balaban J connectivity index is 2.08. The molecule has 0 radical (unpaired) electrons. The summed E-state index contributed by atoms with van der Waals surface area (Å²) in [4.78, 5) is 20.0. The lowest BCUT2D eigenvalue weighted by Crippen LogP contribution is -2.15. The summed E-state index contributed by atoms with van der Waals surface area (Å²) in [6.45, 7) is 1.81. The number of aryl methyl sites for hydroxylation is 1. The molecule has 0 atom stereocenters. The molecule has 0 spiro atoms. The van der Waals surface area contributed by atoms with Crippen LogP contribution in [-0.2, 0) is 11.2 Å². The van der Waals surface area contributed by atoms with Gasteiger partial charge in [-0.05, 0) is 24.6 Å². The fraction of sp³-hybridized carbons (Fsp3) is 0.267. The minimum Gasteiger partial charge on any atom is -0.493 e. The highest BCUT2D eigenvalue weighted by atomic mass is 16.5. The smallest absolute Gasteiger partial charge is 0.228 e. The minimum absolute atomic E-state index is 0.139. The molecule has 0 aliphatic heterocycles. The van der Waals surface area contributed by atoms with Gasteiger partial charge in [0.1, 0.15) is 6.33 Å². The number of benzene rings is 1. The number of nitrogens with one attached hydrogen (secondary N) is 1. The predicted octanol–water partition coefficient (Wildman–Crippen LogP) is 1.98. The zero-order valence-electron chi connectivity index (χ0n) is 12.2. The molecule has 1 N–H and O–H groups in total. The molecule has 110 valence electrons. The number of ether oxygens (including phenoxy) is 2. The number of rotatable bonds is 5. The van der Waals surface area contributed by atoms with Gasteiger partial charge in [-0.1, -0.05) is 6.07 Å². The Hall–Kier alpha value is -2.63. The Morgan fingerprint density at radius 1 is 1.24 bits per heavy atom. The third-order valence-electron chi connectivity index (χ3n) is 3.00. The lowest BCUT2D eigenvalue weighted by molar-refractivity contribution is -0.115. The molecule has 0 saturated heterocycles. The Labute approximate surface area is 123 Å². The average Bonchev–Trinajstić information content (AvgIpc) is 2.49. The zero-order valence-corrected chi connectivity index (χ0v) is 12.2. The Morgan fingerprint density at radius 3 is 2.67 bits per heavy atom. The minimum atomic E-state index is -0.139. The second-order valence-electron chi connectivity index (χ2n) is 4.44. The van der Waals surface area contributed by atoms with Gasteiger partial charge in [0.2, 0.25) is 5.91 Å². The molecule has 0 unspecified atom stereocenters. The molecule has 1 amide bonds. The predicted molar refractivity (Wildman–Crippen MR) is 78.6 cm³/mol. The van der Waals surface area contributed by atoms with Crippen molar-refractivity contribution < 1.29 is 14.3 Å². The van der Waals surface area contributed by atoms with Crippen molar-refractivity contribution in [2.45, 2.75) is 13.3 Å². The number of aromatic nitrogens is 2. The van der Waals surface area contributed by atoms with E-state index >= 15 is 0 Å². The first-order chi connectivity index (χ1) is 10.1. The maximum atomic E-state index is 12.0. The van der Waals surface area contributed by atoms with Crippen LogP contribution in [0.25, 0.3) is 0 Å². The van der Waals surface area contributed by atoms with Crippen LogP contribution in [0.15, 0.2) is 30.7 Å². The van der Waals surface area contributed by atoms with Crippen molar-refractivity contribution >= 4 is 11.6 Å². The lowest BCUT2D eigenvalue weighted by Gasteiger charge is -2.10. The van der Waals surface area contributed by atoms with Crippen LogP contribution < -0.4 is 14.8 Å². The van der Waals surface area contributed by atoms with Gasteiger partial charge in [0.15, 0.2) is 11.5 Å². The first-order valence-electron chi connectivity index (χ1n) is 6.41. The van der Waals surface area contributed by atoms with Crippen molar-refractivity contribution in [3.8, 4) is 11.5 Å². The summed E-state index contributed by atoms with van der Waals surface area (Å²) in [5.41, 5.74) is 2.17. The number of carbonyl (C=O) groups is 1. The Kier molecular flexibility index (Phi) is 4.71. The quantitative estimate of drug-likeness (QED) is 0.910. The molecule has 21 heavy (non-hydrogen) atoms. The van der Waals surface area contributed by atoms with E-state index in [2.05, 4.69) is 15.3 Å². The second-order valence-corrected chi connectivity index (χ2v) is 4.44. The molecule has 0 aliphatic carbocycles. The molecule has 6 heteroatoms. The fourth-order valence-corrected chi connectivity index (χ4v) is 1.88. The molecule has 0 fully saturated rings. The molecular formula is C15H17N3O3. The third-order valence-corrected chi connectivity index (χ3v) is 3.00. The van der Waals surface area contributed by atoms with Crippen molar-refractivity contribution in [1.29, 1.82) is 0 Å². The van der Waals surface area contributed by atoms with Crippen molar-refractivity contribution in [1.82, 2.24) is 9.97 Å². The van der Waals surface area contributed by atoms with Gasteiger partial charge in [0.25, 0.3) is 0 Å². The van der Waals surface area contributed by atoms with Crippen molar-refractivity contribution in [2.75, 3.05) is 19.5 Å². The average molecular weight is 287 g/mol. The van der Waals surface area contributed by atoms with Crippen LogP contribution in [0.4, 0.5) is 5.69 Å². The summed E-state index contributed by atoms with van der Waals surface area (Å²) in [6, 6.07) is 5.39. The SMILES string of the molecule is COc1ccc(CC(=O)Nc2cncnc2C)cc1OC. The van der Waals surface area contributed by atoms with E-state index in [0.717, 1.165) is 11.3 Å². The van der Waals surface area contributed by atoms with Crippen LogP contribution in [0, 0.1) is 6.92 Å². The van der Waals surface area contributed by atoms with E-state index in [4.69, 9.17) is 9.47 Å². The standard InChI is InChI=1S/C15H17N3O3/c1-10-12(8-16-9-17-10)18-15(19)7-11-4-5-13(20-2)14(6-11)21-3/h4-6,8-9H,7H2,1-3H3,(H,18,19). The molecule has 2 rings (SSSR count). The van der Waals surface area contributed by atoms with Gasteiger partial charge < -0.3 is 14.8 Å². The Bertz CT molecular complexity index is 644. The van der Waals surface area contributed by atoms with Gasteiger partial charge in [-0.15, -0.1) is 0 Å². The van der Waals surface area contributed by atoms with E-state index in [1.807, 2.05) is 13.0 Å². The van der Waals surface area contributed by atoms with Gasteiger partial charge >= 0.3 is 0 Å². The van der Waals surface area contributed by atoms with E-state index in [0.29, 0.717) is 17.2 Å². The number of carbonyl (C=O) groups excluding carboxylic acids is 1. The summed E-state index contributed by atoms with van der Waals surface area (Å²) >= 11 is 0. The van der Waals surface area contributed by atoms with Gasteiger partial charge in [-0.2, -0.15) is 0 Å². The van der Waals surface area contributed by atoms with Crippen LogP contribution in [-0.4, -0.2) is 30.1 Å². The van der Waals surface area contributed by atoms with Gasteiger partial charge in [0.05, 0.1) is 38.2 Å². The highest BCUT2D eigenvalue weighted by molar-refractivity contribution is 5.92. The largest absolute Gasteiger partial charge is 0.493 e. The van der Waals surface area contributed by atoms with Crippen LogP contribution in [0.2, 0.25) is 0 Å². The molecule has 0 aliphatic rings. The molecule has 1 heterocycles. The second kappa shape index (κ2) is 6.69. The first kappa shape index (κ1) is 14.8. The third kappa shape index (κ3) is 3.68. The highest BCUT2D eigenvalue weighted by Gasteiger charge is 2.10. The zero-order chi connectivity index (χ0) is 15.2. The van der Waals surface area contributed by atoms with Gasteiger partial charge in [-0.25, -0.2) is 9.97 Å². The summed E-state index contributed by atoms with van der Waals surface area (Å²) in [5.74, 6) is 1.09. The molecule has 0 saturated carbocycles. The number of nitrogens with zero attached hydrogens (tertiary/aromatic N) is 2. The lowest BCUT2D eigenvalue weighted by atomic mass is 10.1. The molecule has 1 aromatic carbocycles. The van der Waals surface area contributed by atoms with Crippen LogP contribution >= 0.6 is 0 Å². The summed E-state index contributed by atoms with van der Waals surface area (Å²) < 4.78 is 10.4. The van der Waals surface area contributed by atoms with Gasteiger partial charge in [-0.3, -0.25) is 4.79 Å². The van der Waals surface area contributed by atoms with Crippen LogP contribution in [0.3, 0.4) is 0 Å². The number of methoxy groups -OCH3 is 2. The number of anilines is 1. The molecular weight excluding hydrogens is 270 g/mol. The maximum absolute atomic E-state index is 12.0. The summed E-state index contributed by atoms with van der Waals surface area (Å²) in [5, 5.41) is 2.79. The summed E-state index contributed by atoms with van der Waals surface area (Å²) in [6.07, 6.45) is 3.25. The Morgan fingerprint density at radius 2 is 2.00 bits per heavy atom. The number of hydrogen-bond donors (Lipinski definition) is 1. The van der Waals surface area contributed by atoms with E-state index in [1.165, 1.54) is 6.33 Å². The molecule has 2 aromatic rings. The van der Waals surface area contributed by atoms with E-state index in [-0.39, 0.29) is 12.3 Å². The van der Waals surface area contributed by atoms with Crippen molar-refractivity contribution in [2.24, 2.45) is 0 Å². The fourth-order valence-electron chi connectivity index (χ4n) is 1.88. The monoisotopic (exact) mass is 287 g/mol. The molecule has 6 nitrogen and oxygen atoms in total. The van der Waals surface area contributed by atoms with Gasteiger partial charge in [0, 0.05) is 0 Å². The molecule has 1 aromatic heterocycles. The molecule has 0 bridgehead atoms. The first-order valence-corrected chi connectivity index (χ1v) is 6.41. The van der Waals surface area contributed by atoms with Crippen LogP contribution in [0.1, 0.15) is 11.3 Å². The topological polar surface area (TPSA) is 73.3 Å². The van der Waals surface area contributed by atoms with E-state index < -0.39 is 0 Å².